The number of halogens is 1. The van der Waals surface area contributed by atoms with Crippen LogP contribution in [0.3, 0.4) is 0 Å². The van der Waals surface area contributed by atoms with Gasteiger partial charge in [-0.25, -0.2) is 9.80 Å². The molecule has 0 bridgehead atoms. The standard InChI is InChI=1S/C14H10ClN3O4/c15-9-3-1-8(2-4-9)10-5-6-11(22-10)13(20)17-18-7-12(19)16-14(18)21/h1-6H,7H2,(H,17,20)(H,16,19,21). The first-order valence-corrected chi connectivity index (χ1v) is 6.69. The summed E-state index contributed by atoms with van der Waals surface area (Å²) < 4.78 is 5.45. The van der Waals surface area contributed by atoms with Gasteiger partial charge >= 0.3 is 11.9 Å². The minimum absolute atomic E-state index is 0.0251. The first-order valence-electron chi connectivity index (χ1n) is 6.31. The Hall–Kier alpha value is -2.80. The van der Waals surface area contributed by atoms with E-state index in [4.69, 9.17) is 16.0 Å². The van der Waals surface area contributed by atoms with Gasteiger partial charge in [-0.15, -0.1) is 0 Å². The van der Waals surface area contributed by atoms with Crippen molar-refractivity contribution in [3.05, 3.63) is 47.2 Å². The topological polar surface area (TPSA) is 91.7 Å². The number of amides is 4. The van der Waals surface area contributed by atoms with Crippen LogP contribution in [0.1, 0.15) is 10.6 Å². The van der Waals surface area contributed by atoms with Gasteiger partial charge in [0.05, 0.1) is 0 Å². The van der Waals surface area contributed by atoms with Gasteiger partial charge < -0.3 is 4.42 Å². The van der Waals surface area contributed by atoms with E-state index in [2.05, 4.69) is 10.7 Å². The zero-order chi connectivity index (χ0) is 15.7. The van der Waals surface area contributed by atoms with Crippen LogP contribution in [-0.4, -0.2) is 29.4 Å². The number of imide groups is 1. The van der Waals surface area contributed by atoms with E-state index in [1.165, 1.54) is 6.07 Å². The molecule has 8 heteroatoms. The second-order valence-electron chi connectivity index (χ2n) is 4.55. The maximum absolute atomic E-state index is 12.0. The van der Waals surface area contributed by atoms with Gasteiger partial charge in [-0.1, -0.05) is 11.6 Å². The Labute approximate surface area is 129 Å². The van der Waals surface area contributed by atoms with Gasteiger partial charge in [-0.3, -0.25) is 20.3 Å². The summed E-state index contributed by atoms with van der Waals surface area (Å²) in [6, 6.07) is 9.37. The third-order valence-electron chi connectivity index (χ3n) is 2.99. The third-order valence-corrected chi connectivity index (χ3v) is 3.24. The zero-order valence-corrected chi connectivity index (χ0v) is 11.9. The van der Waals surface area contributed by atoms with Crippen LogP contribution in [0, 0.1) is 0 Å². The highest BCUT2D eigenvalue weighted by Gasteiger charge is 2.29. The average molecular weight is 320 g/mol. The maximum Gasteiger partial charge on any atom is 0.343 e. The number of carbonyl (C=O) groups excluding carboxylic acids is 3. The second-order valence-corrected chi connectivity index (χ2v) is 4.99. The average Bonchev–Trinajstić information content (AvgIpc) is 3.07. The van der Waals surface area contributed by atoms with Crippen molar-refractivity contribution >= 4 is 29.4 Å². The second kappa shape index (κ2) is 5.53. The number of rotatable bonds is 3. The molecule has 1 aliphatic rings. The molecule has 1 aromatic heterocycles. The van der Waals surface area contributed by atoms with Crippen LogP contribution in [0.2, 0.25) is 5.02 Å². The highest BCUT2D eigenvalue weighted by Crippen LogP contribution is 2.23. The third kappa shape index (κ3) is 2.79. The Kier molecular flexibility index (Phi) is 3.56. The summed E-state index contributed by atoms with van der Waals surface area (Å²) >= 11 is 5.81. The first kappa shape index (κ1) is 14.2. The molecule has 2 heterocycles. The molecule has 2 N–H and O–H groups in total. The minimum Gasteiger partial charge on any atom is -0.451 e. The fraction of sp³-hybridized carbons (Fsp3) is 0.0714. The van der Waals surface area contributed by atoms with Crippen LogP contribution < -0.4 is 10.7 Å². The number of furan rings is 1. The normalized spacial score (nSPS) is 14.1. The van der Waals surface area contributed by atoms with Crippen LogP contribution in [0.15, 0.2) is 40.8 Å². The fourth-order valence-corrected chi connectivity index (χ4v) is 2.06. The lowest BCUT2D eigenvalue weighted by molar-refractivity contribution is -0.118. The van der Waals surface area contributed by atoms with E-state index in [-0.39, 0.29) is 12.3 Å². The van der Waals surface area contributed by atoms with Crippen molar-refractivity contribution in [2.75, 3.05) is 6.54 Å². The number of benzene rings is 1. The summed E-state index contributed by atoms with van der Waals surface area (Å²) in [7, 11) is 0. The largest absolute Gasteiger partial charge is 0.451 e. The molecule has 112 valence electrons. The molecule has 0 aliphatic carbocycles. The predicted octanol–water partition coefficient (Wildman–Crippen LogP) is 1.80. The highest BCUT2D eigenvalue weighted by molar-refractivity contribution is 6.30. The molecule has 0 saturated carbocycles. The highest BCUT2D eigenvalue weighted by atomic mass is 35.5. The number of carbonyl (C=O) groups is 3. The van der Waals surface area contributed by atoms with Crippen LogP contribution in [0.4, 0.5) is 4.79 Å². The number of urea groups is 1. The van der Waals surface area contributed by atoms with Gasteiger partial charge in [0.2, 0.25) is 5.91 Å². The van der Waals surface area contributed by atoms with E-state index < -0.39 is 17.8 Å². The summed E-state index contributed by atoms with van der Waals surface area (Å²) in [5.74, 6) is -0.586. The molecule has 0 unspecified atom stereocenters. The van der Waals surface area contributed by atoms with Gasteiger partial charge in [0.1, 0.15) is 12.3 Å². The van der Waals surface area contributed by atoms with E-state index in [9.17, 15) is 14.4 Å². The number of hydrogen-bond donors (Lipinski definition) is 2. The number of hydrazine groups is 1. The van der Waals surface area contributed by atoms with E-state index >= 15 is 0 Å². The number of nitrogens with one attached hydrogen (secondary N) is 2. The van der Waals surface area contributed by atoms with Gasteiger partial charge in [0.25, 0.3) is 0 Å². The van der Waals surface area contributed by atoms with Gasteiger partial charge in [-0.05, 0) is 36.4 Å². The van der Waals surface area contributed by atoms with Gasteiger partial charge in [0.15, 0.2) is 5.76 Å². The number of nitrogens with zero attached hydrogens (tertiary/aromatic N) is 1. The molecule has 0 radical (unpaired) electrons. The minimum atomic E-state index is -0.678. The molecule has 1 aromatic carbocycles. The van der Waals surface area contributed by atoms with Crippen molar-refractivity contribution in [3.63, 3.8) is 0 Å². The monoisotopic (exact) mass is 319 g/mol. The van der Waals surface area contributed by atoms with E-state index in [1.54, 1.807) is 30.3 Å². The van der Waals surface area contributed by atoms with Crippen molar-refractivity contribution in [1.29, 1.82) is 0 Å². The molecule has 0 spiro atoms. The smallest absolute Gasteiger partial charge is 0.343 e. The molecule has 1 saturated heterocycles. The quantitative estimate of drug-likeness (QED) is 0.844. The van der Waals surface area contributed by atoms with Crippen LogP contribution in [0.25, 0.3) is 11.3 Å². The summed E-state index contributed by atoms with van der Waals surface area (Å²) in [5, 5.41) is 3.53. The Bertz CT molecular complexity index is 754. The van der Waals surface area contributed by atoms with Crippen molar-refractivity contribution < 1.29 is 18.8 Å². The lowest BCUT2D eigenvalue weighted by atomic mass is 10.2. The predicted molar refractivity (Wildman–Crippen MR) is 76.9 cm³/mol. The Morgan fingerprint density at radius 2 is 1.91 bits per heavy atom. The molecule has 0 atom stereocenters. The molecule has 22 heavy (non-hydrogen) atoms. The lowest BCUT2D eigenvalue weighted by Crippen LogP contribution is -2.44. The van der Waals surface area contributed by atoms with E-state index in [0.717, 1.165) is 10.6 Å². The summed E-state index contributed by atoms with van der Waals surface area (Å²) in [5.41, 5.74) is 3.06. The zero-order valence-electron chi connectivity index (χ0n) is 11.1. The van der Waals surface area contributed by atoms with Gasteiger partial charge in [-0.2, -0.15) is 0 Å². The summed E-state index contributed by atoms with van der Waals surface area (Å²) in [6.45, 7) is -0.227. The molecule has 4 amide bonds. The Balaban J connectivity index is 1.73. The molecule has 1 aliphatic heterocycles. The van der Waals surface area contributed by atoms with Crippen molar-refractivity contribution in [3.8, 4) is 11.3 Å². The SMILES string of the molecule is O=C1CN(NC(=O)c2ccc(-c3ccc(Cl)cc3)o2)C(=O)N1. The van der Waals surface area contributed by atoms with Crippen LogP contribution in [0.5, 0.6) is 0 Å². The number of hydrogen-bond acceptors (Lipinski definition) is 4. The first-order chi connectivity index (χ1) is 10.5. The lowest BCUT2D eigenvalue weighted by Gasteiger charge is -2.12. The van der Waals surface area contributed by atoms with Crippen molar-refractivity contribution in [2.45, 2.75) is 0 Å². The molecule has 1 fully saturated rings. The van der Waals surface area contributed by atoms with Crippen molar-refractivity contribution in [2.24, 2.45) is 0 Å². The Morgan fingerprint density at radius 1 is 1.18 bits per heavy atom. The van der Waals surface area contributed by atoms with Crippen LogP contribution in [-0.2, 0) is 4.79 Å². The fourth-order valence-electron chi connectivity index (χ4n) is 1.94. The molecular weight excluding hydrogens is 310 g/mol. The van der Waals surface area contributed by atoms with Gasteiger partial charge in [0, 0.05) is 10.6 Å². The molecule has 7 nitrogen and oxygen atoms in total. The molecular formula is C14H10ClN3O4. The van der Waals surface area contributed by atoms with Crippen LogP contribution >= 0.6 is 11.6 Å². The molecule has 3 rings (SSSR count). The van der Waals surface area contributed by atoms with E-state index in [0.29, 0.717) is 10.8 Å². The molecule has 2 aromatic rings. The Morgan fingerprint density at radius 3 is 2.55 bits per heavy atom. The van der Waals surface area contributed by atoms with E-state index in [1.807, 2.05) is 0 Å². The summed E-state index contributed by atoms with van der Waals surface area (Å²) in [4.78, 5) is 34.4. The maximum atomic E-state index is 12.0. The van der Waals surface area contributed by atoms with Crippen molar-refractivity contribution in [1.82, 2.24) is 15.8 Å². The summed E-state index contributed by atoms with van der Waals surface area (Å²) in [6.07, 6.45) is 0.